The van der Waals surface area contributed by atoms with Gasteiger partial charge >= 0.3 is 18.0 Å². The second-order valence-electron chi connectivity index (χ2n) is 8.47. The van der Waals surface area contributed by atoms with E-state index in [2.05, 4.69) is 20.7 Å². The Labute approximate surface area is 226 Å². The number of anilines is 1. The van der Waals surface area contributed by atoms with E-state index in [1.165, 1.54) is 14.2 Å². The number of ether oxygens (including phenoxy) is 3. The Morgan fingerprint density at radius 1 is 0.795 bits per heavy atom. The molecule has 0 radical (unpaired) electrons. The van der Waals surface area contributed by atoms with Crippen molar-refractivity contribution in [1.82, 2.24) is 10.6 Å². The van der Waals surface area contributed by atoms with E-state index in [-0.39, 0.29) is 25.3 Å². The van der Waals surface area contributed by atoms with Crippen LogP contribution in [-0.2, 0) is 25.6 Å². The quantitative estimate of drug-likeness (QED) is 0.294. The molecule has 204 valence electrons. The largest absolute Gasteiger partial charge is 0.467 e. The molecule has 0 fully saturated rings. The average molecular weight is 534 g/mol. The number of carbonyl (C=O) groups is 4. The van der Waals surface area contributed by atoms with Gasteiger partial charge < -0.3 is 30.2 Å². The zero-order valence-corrected chi connectivity index (χ0v) is 21.8. The number of benzene rings is 3. The fraction of sp³-hybridized carbons (Fsp3) is 0.241. The third-order valence-corrected chi connectivity index (χ3v) is 5.63. The first-order valence-corrected chi connectivity index (χ1v) is 12.3. The normalized spacial score (nSPS) is 11.0. The van der Waals surface area contributed by atoms with Crippen LogP contribution in [0.5, 0.6) is 11.5 Å². The van der Waals surface area contributed by atoms with Crippen LogP contribution in [-0.4, -0.2) is 44.1 Å². The van der Waals surface area contributed by atoms with Gasteiger partial charge in [0.15, 0.2) is 0 Å². The molecular weight excluding hydrogens is 502 g/mol. The predicted octanol–water partition coefficient (Wildman–Crippen LogP) is 4.42. The molecular formula is C29H31N3O7. The van der Waals surface area contributed by atoms with Crippen molar-refractivity contribution in [3.63, 3.8) is 0 Å². The van der Waals surface area contributed by atoms with Gasteiger partial charge in [-0.3, -0.25) is 4.79 Å². The lowest BCUT2D eigenvalue weighted by molar-refractivity contribution is -0.143. The molecule has 3 aromatic carbocycles. The number of amides is 3. The lowest BCUT2D eigenvalue weighted by atomic mass is 10.1. The van der Waals surface area contributed by atoms with E-state index in [9.17, 15) is 19.2 Å². The van der Waals surface area contributed by atoms with E-state index in [0.29, 0.717) is 29.2 Å². The first kappa shape index (κ1) is 28.7. The van der Waals surface area contributed by atoms with Crippen LogP contribution in [0.15, 0.2) is 78.9 Å². The van der Waals surface area contributed by atoms with Gasteiger partial charge in [-0.15, -0.1) is 0 Å². The maximum absolute atomic E-state index is 12.4. The summed E-state index contributed by atoms with van der Waals surface area (Å²) in [6.45, 7) is 0.179. The van der Waals surface area contributed by atoms with E-state index in [0.717, 1.165) is 5.56 Å². The van der Waals surface area contributed by atoms with Gasteiger partial charge in [0.05, 0.1) is 19.8 Å². The zero-order chi connectivity index (χ0) is 28.0. The van der Waals surface area contributed by atoms with Crippen molar-refractivity contribution < 1.29 is 33.4 Å². The minimum atomic E-state index is -0.918. The lowest BCUT2D eigenvalue weighted by Gasteiger charge is -2.17. The second-order valence-corrected chi connectivity index (χ2v) is 8.47. The van der Waals surface area contributed by atoms with Gasteiger partial charge in [0, 0.05) is 18.7 Å². The molecule has 0 aromatic heterocycles. The Balaban J connectivity index is 1.41. The first-order valence-electron chi connectivity index (χ1n) is 12.3. The number of methoxy groups -OCH3 is 2. The summed E-state index contributed by atoms with van der Waals surface area (Å²) in [5.41, 5.74) is 1.76. The van der Waals surface area contributed by atoms with Crippen LogP contribution in [0.3, 0.4) is 0 Å². The second kappa shape index (κ2) is 14.8. The third kappa shape index (κ3) is 9.51. The van der Waals surface area contributed by atoms with Crippen molar-refractivity contribution in [2.24, 2.45) is 0 Å². The molecule has 0 aliphatic carbocycles. The number of nitrogens with one attached hydrogen (secondary N) is 3. The minimum Gasteiger partial charge on any atom is -0.467 e. The highest BCUT2D eigenvalue weighted by molar-refractivity contribution is 5.91. The fourth-order valence-corrected chi connectivity index (χ4v) is 3.58. The standard InChI is InChI=1S/C29H31N3O7/c1-37-27(34)21-13-11-20(12-14-21)19-30-29(36)32-25(28(35)38-2)9-6-10-26(33)31-22-15-17-24(18-16-22)39-23-7-4-3-5-8-23/h3-5,7-8,11-18,25H,6,9-10,19H2,1-2H3,(H,31,33)(H2,30,32,36)/t25-/m0/s1. The van der Waals surface area contributed by atoms with Gasteiger partial charge in [-0.05, 0) is 66.9 Å². The zero-order valence-electron chi connectivity index (χ0n) is 21.8. The summed E-state index contributed by atoms with van der Waals surface area (Å²) >= 11 is 0. The molecule has 1 atom stereocenters. The number of esters is 2. The molecule has 0 heterocycles. The van der Waals surface area contributed by atoms with Gasteiger partial charge in [0.25, 0.3) is 0 Å². The topological polar surface area (TPSA) is 132 Å². The predicted molar refractivity (Wildman–Crippen MR) is 144 cm³/mol. The number of para-hydroxylation sites is 1. The van der Waals surface area contributed by atoms with Gasteiger partial charge in [0.1, 0.15) is 17.5 Å². The molecule has 0 saturated heterocycles. The van der Waals surface area contributed by atoms with Crippen LogP contribution in [0.4, 0.5) is 10.5 Å². The first-order chi connectivity index (χ1) is 18.9. The molecule has 3 amide bonds. The number of hydrogen-bond acceptors (Lipinski definition) is 7. The van der Waals surface area contributed by atoms with Crippen LogP contribution in [0, 0.1) is 0 Å². The van der Waals surface area contributed by atoms with Crippen molar-refractivity contribution in [2.45, 2.75) is 31.8 Å². The molecule has 0 saturated carbocycles. The lowest BCUT2D eigenvalue weighted by Crippen LogP contribution is -2.46. The Morgan fingerprint density at radius 3 is 2.10 bits per heavy atom. The van der Waals surface area contributed by atoms with Crippen LogP contribution >= 0.6 is 0 Å². The summed E-state index contributed by atoms with van der Waals surface area (Å²) in [6, 6.07) is 21.4. The highest BCUT2D eigenvalue weighted by Gasteiger charge is 2.21. The molecule has 0 spiro atoms. The van der Waals surface area contributed by atoms with E-state index < -0.39 is 24.0 Å². The molecule has 10 nitrogen and oxygen atoms in total. The Morgan fingerprint density at radius 2 is 1.46 bits per heavy atom. The van der Waals surface area contributed by atoms with Gasteiger partial charge in [-0.25, -0.2) is 14.4 Å². The Kier molecular flexibility index (Phi) is 10.9. The number of rotatable bonds is 12. The van der Waals surface area contributed by atoms with Crippen molar-refractivity contribution in [1.29, 1.82) is 0 Å². The number of carbonyl (C=O) groups excluding carboxylic acids is 4. The van der Waals surface area contributed by atoms with Crippen LogP contribution in [0.1, 0.15) is 35.2 Å². The molecule has 0 aliphatic rings. The fourth-order valence-electron chi connectivity index (χ4n) is 3.58. The van der Waals surface area contributed by atoms with Crippen molar-refractivity contribution in [3.05, 3.63) is 90.0 Å². The molecule has 3 N–H and O–H groups in total. The summed E-state index contributed by atoms with van der Waals surface area (Å²) in [5.74, 6) is 0.0686. The Bertz CT molecular complexity index is 1250. The molecule has 0 bridgehead atoms. The highest BCUT2D eigenvalue weighted by atomic mass is 16.5. The third-order valence-electron chi connectivity index (χ3n) is 5.63. The number of hydrogen-bond donors (Lipinski definition) is 3. The van der Waals surface area contributed by atoms with Gasteiger partial charge in [-0.1, -0.05) is 30.3 Å². The summed E-state index contributed by atoms with van der Waals surface area (Å²) in [6.07, 6.45) is 0.701. The van der Waals surface area contributed by atoms with Crippen LogP contribution in [0.2, 0.25) is 0 Å². The summed E-state index contributed by atoms with van der Waals surface area (Å²) in [5, 5.41) is 8.05. The van der Waals surface area contributed by atoms with Gasteiger partial charge in [0.2, 0.25) is 5.91 Å². The number of urea groups is 1. The summed E-state index contributed by atoms with van der Waals surface area (Å²) in [4.78, 5) is 48.4. The van der Waals surface area contributed by atoms with E-state index in [1.807, 2.05) is 30.3 Å². The molecule has 39 heavy (non-hydrogen) atoms. The SMILES string of the molecule is COC(=O)c1ccc(CNC(=O)N[C@@H](CCCC(=O)Nc2ccc(Oc3ccccc3)cc2)C(=O)OC)cc1. The van der Waals surface area contributed by atoms with Gasteiger partial charge in [-0.2, -0.15) is 0 Å². The molecule has 3 rings (SSSR count). The Hall–Kier alpha value is -4.86. The van der Waals surface area contributed by atoms with Crippen LogP contribution < -0.4 is 20.7 Å². The monoisotopic (exact) mass is 533 g/mol. The van der Waals surface area contributed by atoms with E-state index in [4.69, 9.17) is 9.47 Å². The molecule has 0 unspecified atom stereocenters. The molecule has 3 aromatic rings. The summed E-state index contributed by atoms with van der Waals surface area (Å²) in [7, 11) is 2.53. The van der Waals surface area contributed by atoms with Crippen molar-refractivity contribution >= 4 is 29.6 Å². The average Bonchev–Trinajstić information content (AvgIpc) is 2.96. The van der Waals surface area contributed by atoms with Crippen LogP contribution in [0.25, 0.3) is 0 Å². The van der Waals surface area contributed by atoms with E-state index >= 15 is 0 Å². The van der Waals surface area contributed by atoms with Crippen molar-refractivity contribution in [2.75, 3.05) is 19.5 Å². The minimum absolute atomic E-state index is 0.144. The molecule has 0 aliphatic heterocycles. The van der Waals surface area contributed by atoms with Crippen molar-refractivity contribution in [3.8, 4) is 11.5 Å². The summed E-state index contributed by atoms with van der Waals surface area (Å²) < 4.78 is 15.2. The highest BCUT2D eigenvalue weighted by Crippen LogP contribution is 2.22. The maximum atomic E-state index is 12.4. The van der Waals surface area contributed by atoms with E-state index in [1.54, 1.807) is 48.5 Å². The smallest absolute Gasteiger partial charge is 0.337 e. The molecule has 10 heteroatoms. The maximum Gasteiger partial charge on any atom is 0.337 e.